The third kappa shape index (κ3) is 2.12. The van der Waals surface area contributed by atoms with Crippen LogP contribution in [0.15, 0.2) is 29.3 Å². The fraction of sp³-hybridized carbons (Fsp3) is 0.650. The SMILES string of the molecule is Nc1ccc(C2C3CCC(C3)C23CCC(N2CCOCC2)=N3)cc1. The van der Waals surface area contributed by atoms with E-state index in [1.54, 1.807) is 0 Å². The third-order valence-corrected chi connectivity index (χ3v) is 6.95. The Morgan fingerprint density at radius 2 is 1.92 bits per heavy atom. The van der Waals surface area contributed by atoms with Crippen LogP contribution in [0.1, 0.15) is 43.6 Å². The molecule has 2 heterocycles. The minimum absolute atomic E-state index is 0.159. The van der Waals surface area contributed by atoms with Gasteiger partial charge in [0.25, 0.3) is 0 Å². The topological polar surface area (TPSA) is 50.8 Å². The summed E-state index contributed by atoms with van der Waals surface area (Å²) in [6.07, 6.45) is 6.50. The van der Waals surface area contributed by atoms with Gasteiger partial charge in [-0.15, -0.1) is 0 Å². The molecule has 4 nitrogen and oxygen atoms in total. The number of hydrogen-bond acceptors (Lipinski definition) is 4. The minimum Gasteiger partial charge on any atom is -0.399 e. The summed E-state index contributed by atoms with van der Waals surface area (Å²) in [6.45, 7) is 3.71. The zero-order chi connectivity index (χ0) is 16.1. The van der Waals surface area contributed by atoms with Crippen molar-refractivity contribution in [3.05, 3.63) is 29.8 Å². The smallest absolute Gasteiger partial charge is 0.0998 e. The molecule has 24 heavy (non-hydrogen) atoms. The van der Waals surface area contributed by atoms with Gasteiger partial charge in [0.05, 0.1) is 24.6 Å². The highest BCUT2D eigenvalue weighted by Gasteiger charge is 2.60. The molecule has 128 valence electrons. The molecule has 5 rings (SSSR count). The summed E-state index contributed by atoms with van der Waals surface area (Å²) in [5.74, 6) is 3.54. The average molecular weight is 325 g/mol. The Morgan fingerprint density at radius 1 is 1.12 bits per heavy atom. The van der Waals surface area contributed by atoms with Crippen LogP contribution < -0.4 is 5.73 Å². The van der Waals surface area contributed by atoms with Crippen molar-refractivity contribution in [1.82, 2.24) is 4.90 Å². The van der Waals surface area contributed by atoms with E-state index >= 15 is 0 Å². The van der Waals surface area contributed by atoms with E-state index in [1.807, 2.05) is 0 Å². The number of morpholine rings is 1. The van der Waals surface area contributed by atoms with Gasteiger partial charge in [0, 0.05) is 31.1 Å². The summed E-state index contributed by atoms with van der Waals surface area (Å²) in [4.78, 5) is 7.94. The van der Waals surface area contributed by atoms with Crippen LogP contribution in [-0.2, 0) is 4.74 Å². The summed E-state index contributed by atoms with van der Waals surface area (Å²) < 4.78 is 5.52. The van der Waals surface area contributed by atoms with Gasteiger partial charge in [-0.3, -0.25) is 4.99 Å². The van der Waals surface area contributed by atoms with E-state index in [0.717, 1.165) is 50.2 Å². The minimum atomic E-state index is 0.159. The molecular formula is C20H27N3O. The van der Waals surface area contributed by atoms with E-state index < -0.39 is 0 Å². The van der Waals surface area contributed by atoms with Crippen LogP contribution >= 0.6 is 0 Å². The highest BCUT2D eigenvalue weighted by Crippen LogP contribution is 2.63. The van der Waals surface area contributed by atoms with E-state index in [1.165, 1.54) is 37.1 Å². The van der Waals surface area contributed by atoms with E-state index in [-0.39, 0.29) is 5.54 Å². The van der Waals surface area contributed by atoms with Crippen LogP contribution in [0.2, 0.25) is 0 Å². The van der Waals surface area contributed by atoms with Crippen molar-refractivity contribution in [2.45, 2.75) is 43.6 Å². The number of nitrogens with zero attached hydrogens (tertiary/aromatic N) is 2. The summed E-state index contributed by atoms with van der Waals surface area (Å²) >= 11 is 0. The Kier molecular flexibility index (Phi) is 3.37. The number of nitrogen functional groups attached to an aromatic ring is 1. The molecule has 4 atom stereocenters. The monoisotopic (exact) mass is 325 g/mol. The molecule has 1 saturated heterocycles. The summed E-state index contributed by atoms with van der Waals surface area (Å²) in [7, 11) is 0. The van der Waals surface area contributed by atoms with Gasteiger partial charge in [-0.05, 0) is 55.2 Å². The molecule has 4 aliphatic rings. The van der Waals surface area contributed by atoms with Gasteiger partial charge < -0.3 is 15.4 Å². The fourth-order valence-electron chi connectivity index (χ4n) is 5.93. The molecule has 0 aromatic heterocycles. The molecule has 1 aromatic carbocycles. The highest BCUT2D eigenvalue weighted by molar-refractivity contribution is 5.85. The summed E-state index contributed by atoms with van der Waals surface area (Å²) in [6, 6.07) is 8.64. The quantitative estimate of drug-likeness (QED) is 0.808. The van der Waals surface area contributed by atoms with Crippen LogP contribution in [0, 0.1) is 11.8 Å². The molecule has 2 aliphatic carbocycles. The molecule has 1 spiro atoms. The number of ether oxygens (including phenoxy) is 1. The van der Waals surface area contributed by atoms with Crippen LogP contribution in [0.25, 0.3) is 0 Å². The molecule has 2 bridgehead atoms. The lowest BCUT2D eigenvalue weighted by Gasteiger charge is -2.39. The van der Waals surface area contributed by atoms with E-state index in [9.17, 15) is 0 Å². The zero-order valence-electron chi connectivity index (χ0n) is 14.3. The molecule has 0 amide bonds. The normalized spacial score (nSPS) is 38.1. The number of amidine groups is 1. The Balaban J connectivity index is 1.50. The van der Waals surface area contributed by atoms with Gasteiger partial charge >= 0.3 is 0 Å². The van der Waals surface area contributed by atoms with Gasteiger partial charge in [0.15, 0.2) is 0 Å². The number of aliphatic imine (C=N–C) groups is 1. The van der Waals surface area contributed by atoms with Crippen molar-refractivity contribution in [1.29, 1.82) is 0 Å². The molecule has 3 fully saturated rings. The lowest BCUT2D eigenvalue weighted by molar-refractivity contribution is 0.0674. The molecule has 4 heteroatoms. The molecule has 4 unspecified atom stereocenters. The van der Waals surface area contributed by atoms with E-state index in [4.69, 9.17) is 15.5 Å². The number of rotatable bonds is 1. The van der Waals surface area contributed by atoms with Crippen molar-refractivity contribution in [2.75, 3.05) is 32.0 Å². The van der Waals surface area contributed by atoms with Crippen molar-refractivity contribution in [3.8, 4) is 0 Å². The first-order valence-electron chi connectivity index (χ1n) is 9.53. The second-order valence-electron chi connectivity index (χ2n) is 8.03. The average Bonchev–Trinajstić information content (AvgIpc) is 3.32. The molecule has 2 N–H and O–H groups in total. The maximum Gasteiger partial charge on any atom is 0.0998 e. The predicted molar refractivity (Wildman–Crippen MR) is 96.2 cm³/mol. The summed E-state index contributed by atoms with van der Waals surface area (Å²) in [5.41, 5.74) is 8.40. The number of hydrogen-bond donors (Lipinski definition) is 1. The third-order valence-electron chi connectivity index (χ3n) is 6.95. The molecule has 2 saturated carbocycles. The predicted octanol–water partition coefficient (Wildman–Crippen LogP) is 3.05. The standard InChI is InChI=1S/C20H27N3O/c21-17-5-2-14(3-6-17)19-15-1-4-16(13-15)20(19)8-7-18(22-20)23-9-11-24-12-10-23/h2-3,5-6,15-16,19H,1,4,7-13,21H2. The molecule has 2 aliphatic heterocycles. The Labute approximate surface area is 144 Å². The fourth-order valence-corrected chi connectivity index (χ4v) is 5.93. The van der Waals surface area contributed by atoms with Crippen molar-refractivity contribution >= 4 is 11.5 Å². The van der Waals surface area contributed by atoms with Gasteiger partial charge in [0.2, 0.25) is 0 Å². The largest absolute Gasteiger partial charge is 0.399 e. The molecule has 1 aromatic rings. The van der Waals surface area contributed by atoms with Crippen molar-refractivity contribution < 1.29 is 4.74 Å². The second kappa shape index (κ2) is 5.48. The number of anilines is 1. The van der Waals surface area contributed by atoms with E-state index in [2.05, 4.69) is 29.2 Å². The molecule has 0 radical (unpaired) electrons. The van der Waals surface area contributed by atoms with Crippen LogP contribution in [0.3, 0.4) is 0 Å². The first-order valence-corrected chi connectivity index (χ1v) is 9.53. The molecular weight excluding hydrogens is 298 g/mol. The van der Waals surface area contributed by atoms with Gasteiger partial charge in [-0.2, -0.15) is 0 Å². The van der Waals surface area contributed by atoms with Gasteiger partial charge in [-0.25, -0.2) is 0 Å². The lowest BCUT2D eigenvalue weighted by atomic mass is 9.69. The van der Waals surface area contributed by atoms with Gasteiger partial charge in [-0.1, -0.05) is 12.1 Å². The highest BCUT2D eigenvalue weighted by atomic mass is 16.5. The zero-order valence-corrected chi connectivity index (χ0v) is 14.3. The van der Waals surface area contributed by atoms with Crippen molar-refractivity contribution in [3.63, 3.8) is 0 Å². The maximum atomic E-state index is 5.92. The Morgan fingerprint density at radius 3 is 2.71 bits per heavy atom. The Hall–Kier alpha value is -1.55. The summed E-state index contributed by atoms with van der Waals surface area (Å²) in [5, 5.41) is 0. The number of nitrogens with two attached hydrogens (primary N) is 1. The van der Waals surface area contributed by atoms with Crippen LogP contribution in [0.5, 0.6) is 0 Å². The van der Waals surface area contributed by atoms with Gasteiger partial charge in [0.1, 0.15) is 0 Å². The first-order chi connectivity index (χ1) is 11.8. The number of fused-ring (bicyclic) bond motifs is 3. The van der Waals surface area contributed by atoms with Crippen LogP contribution in [0.4, 0.5) is 5.69 Å². The lowest BCUT2D eigenvalue weighted by Crippen LogP contribution is -2.41. The Bertz CT molecular complexity index is 649. The van der Waals surface area contributed by atoms with Crippen LogP contribution in [-0.4, -0.2) is 42.6 Å². The van der Waals surface area contributed by atoms with E-state index in [0.29, 0.717) is 5.92 Å². The maximum absolute atomic E-state index is 5.92. The van der Waals surface area contributed by atoms with Crippen molar-refractivity contribution in [2.24, 2.45) is 16.8 Å². The first kappa shape index (κ1) is 14.8. The second-order valence-corrected chi connectivity index (χ2v) is 8.03. The number of benzene rings is 1.